The second kappa shape index (κ2) is 5.00. The molecule has 3 N–H and O–H groups in total. The zero-order valence-electron chi connectivity index (χ0n) is 10.9. The minimum absolute atomic E-state index is 0.411. The second-order valence-corrected chi connectivity index (χ2v) is 4.19. The third kappa shape index (κ3) is 1.97. The molecule has 2 heterocycles. The van der Waals surface area contributed by atoms with Gasteiger partial charge < -0.3 is 10.5 Å². The minimum atomic E-state index is 0.411. The quantitative estimate of drug-likeness (QED) is 0.758. The fraction of sp³-hybridized carbons (Fsp3) is 0.0714. The van der Waals surface area contributed by atoms with E-state index >= 15 is 0 Å². The van der Waals surface area contributed by atoms with Crippen LogP contribution in [0.1, 0.15) is 0 Å². The predicted molar refractivity (Wildman–Crippen MR) is 76.0 cm³/mol. The summed E-state index contributed by atoms with van der Waals surface area (Å²) in [5.74, 6) is 1.15. The van der Waals surface area contributed by atoms with Gasteiger partial charge in [0.1, 0.15) is 12.1 Å². The Morgan fingerprint density at radius 1 is 1.15 bits per heavy atom. The number of methoxy groups -OCH3 is 1. The Balaban J connectivity index is 2.22. The van der Waals surface area contributed by atoms with Crippen LogP contribution in [0.25, 0.3) is 22.4 Å². The monoisotopic (exact) mass is 267 g/mol. The van der Waals surface area contributed by atoms with Crippen LogP contribution in [0, 0.1) is 0 Å². The lowest BCUT2D eigenvalue weighted by molar-refractivity contribution is 0.416. The van der Waals surface area contributed by atoms with E-state index in [1.165, 1.54) is 6.33 Å². The SMILES string of the molecule is COc1ccccc1-c1c(N)n[nH]c1-c1cncnc1. The fourth-order valence-corrected chi connectivity index (χ4v) is 2.12. The van der Waals surface area contributed by atoms with Gasteiger partial charge in [0.2, 0.25) is 0 Å². The van der Waals surface area contributed by atoms with Crippen molar-refractivity contribution in [3.8, 4) is 28.1 Å². The van der Waals surface area contributed by atoms with E-state index in [9.17, 15) is 0 Å². The van der Waals surface area contributed by atoms with Crippen LogP contribution in [0.15, 0.2) is 43.0 Å². The minimum Gasteiger partial charge on any atom is -0.496 e. The Kier molecular flexibility index (Phi) is 3.04. The summed E-state index contributed by atoms with van der Waals surface area (Å²) >= 11 is 0. The van der Waals surface area contributed by atoms with Gasteiger partial charge in [-0.15, -0.1) is 0 Å². The number of aromatic amines is 1. The Labute approximate surface area is 115 Å². The lowest BCUT2D eigenvalue weighted by Gasteiger charge is -2.09. The number of hydrogen-bond donors (Lipinski definition) is 2. The third-order valence-corrected chi connectivity index (χ3v) is 3.02. The highest BCUT2D eigenvalue weighted by Crippen LogP contribution is 2.38. The highest BCUT2D eigenvalue weighted by molar-refractivity contribution is 5.89. The van der Waals surface area contributed by atoms with Crippen LogP contribution in [-0.2, 0) is 0 Å². The first kappa shape index (κ1) is 12.2. The number of benzene rings is 1. The van der Waals surface area contributed by atoms with Gasteiger partial charge in [0.25, 0.3) is 0 Å². The van der Waals surface area contributed by atoms with Crippen molar-refractivity contribution in [3.05, 3.63) is 43.0 Å². The van der Waals surface area contributed by atoms with Crippen molar-refractivity contribution in [2.24, 2.45) is 0 Å². The van der Waals surface area contributed by atoms with Crippen molar-refractivity contribution < 1.29 is 4.74 Å². The smallest absolute Gasteiger partial charge is 0.153 e. The summed E-state index contributed by atoms with van der Waals surface area (Å²) in [5, 5.41) is 7.02. The topological polar surface area (TPSA) is 89.7 Å². The number of nitrogens with two attached hydrogens (primary N) is 1. The van der Waals surface area contributed by atoms with Crippen molar-refractivity contribution in [1.82, 2.24) is 20.2 Å². The van der Waals surface area contributed by atoms with Gasteiger partial charge in [-0.3, -0.25) is 5.10 Å². The van der Waals surface area contributed by atoms with Crippen LogP contribution < -0.4 is 10.5 Å². The molecule has 6 nitrogen and oxygen atoms in total. The lowest BCUT2D eigenvalue weighted by Crippen LogP contribution is -1.92. The Bertz CT molecular complexity index is 723. The van der Waals surface area contributed by atoms with Crippen molar-refractivity contribution >= 4 is 5.82 Å². The molecule has 0 aliphatic rings. The molecule has 0 atom stereocenters. The van der Waals surface area contributed by atoms with E-state index in [1.807, 2.05) is 24.3 Å². The van der Waals surface area contributed by atoms with Gasteiger partial charge in [-0.25, -0.2) is 9.97 Å². The maximum absolute atomic E-state index is 6.00. The van der Waals surface area contributed by atoms with E-state index in [-0.39, 0.29) is 0 Å². The second-order valence-electron chi connectivity index (χ2n) is 4.19. The molecule has 0 unspecified atom stereocenters. The van der Waals surface area contributed by atoms with Crippen LogP contribution in [0.4, 0.5) is 5.82 Å². The molecule has 0 spiro atoms. The average Bonchev–Trinajstić information content (AvgIpc) is 2.89. The first-order valence-corrected chi connectivity index (χ1v) is 6.04. The molecular weight excluding hydrogens is 254 g/mol. The van der Waals surface area contributed by atoms with Crippen molar-refractivity contribution in [1.29, 1.82) is 0 Å². The molecule has 3 aromatic rings. The van der Waals surface area contributed by atoms with Crippen LogP contribution in [0.3, 0.4) is 0 Å². The number of H-pyrrole nitrogens is 1. The summed E-state index contributed by atoms with van der Waals surface area (Å²) in [4.78, 5) is 8.03. The number of nitrogens with zero attached hydrogens (tertiary/aromatic N) is 3. The molecular formula is C14H13N5O. The zero-order valence-corrected chi connectivity index (χ0v) is 10.9. The zero-order chi connectivity index (χ0) is 13.9. The molecule has 0 saturated carbocycles. The lowest BCUT2D eigenvalue weighted by atomic mass is 10.0. The number of anilines is 1. The first-order valence-electron chi connectivity index (χ1n) is 6.04. The largest absolute Gasteiger partial charge is 0.496 e. The van der Waals surface area contributed by atoms with E-state index in [0.29, 0.717) is 5.82 Å². The average molecular weight is 267 g/mol. The number of para-hydroxylation sites is 1. The highest BCUT2D eigenvalue weighted by Gasteiger charge is 2.18. The van der Waals surface area contributed by atoms with Gasteiger partial charge in [-0.1, -0.05) is 18.2 Å². The molecule has 0 aliphatic carbocycles. The highest BCUT2D eigenvalue weighted by atomic mass is 16.5. The van der Waals surface area contributed by atoms with Gasteiger partial charge in [0, 0.05) is 23.5 Å². The van der Waals surface area contributed by atoms with Gasteiger partial charge in [-0.05, 0) is 6.07 Å². The van der Waals surface area contributed by atoms with Crippen molar-refractivity contribution in [2.75, 3.05) is 12.8 Å². The molecule has 2 aromatic heterocycles. The number of rotatable bonds is 3. The molecule has 0 saturated heterocycles. The molecule has 0 radical (unpaired) electrons. The Morgan fingerprint density at radius 3 is 2.65 bits per heavy atom. The van der Waals surface area contributed by atoms with Crippen LogP contribution in [0.5, 0.6) is 5.75 Å². The molecule has 1 aromatic carbocycles. The number of nitrogens with one attached hydrogen (secondary N) is 1. The third-order valence-electron chi connectivity index (χ3n) is 3.02. The van der Waals surface area contributed by atoms with Crippen molar-refractivity contribution in [2.45, 2.75) is 0 Å². The van der Waals surface area contributed by atoms with Crippen LogP contribution in [0.2, 0.25) is 0 Å². The number of aromatic nitrogens is 4. The molecule has 6 heteroatoms. The first-order chi connectivity index (χ1) is 9.81. The molecule has 0 bridgehead atoms. The number of hydrogen-bond acceptors (Lipinski definition) is 5. The maximum atomic E-state index is 6.00. The maximum Gasteiger partial charge on any atom is 0.153 e. The van der Waals surface area contributed by atoms with E-state index in [2.05, 4.69) is 20.2 Å². The standard InChI is InChI=1S/C14H13N5O/c1-20-11-5-3-2-4-10(11)12-13(18-19-14(12)15)9-6-16-8-17-7-9/h2-8H,1H3,(H3,15,18,19). The summed E-state index contributed by atoms with van der Waals surface area (Å²) in [6, 6.07) is 7.65. The van der Waals surface area contributed by atoms with Gasteiger partial charge in [-0.2, -0.15) is 5.10 Å². The van der Waals surface area contributed by atoms with Crippen molar-refractivity contribution in [3.63, 3.8) is 0 Å². The summed E-state index contributed by atoms with van der Waals surface area (Å²) in [7, 11) is 1.63. The van der Waals surface area contributed by atoms with Crippen LogP contribution in [-0.4, -0.2) is 27.3 Å². The summed E-state index contributed by atoms with van der Waals surface area (Å²) in [5.41, 5.74) is 9.25. The fourth-order valence-electron chi connectivity index (χ4n) is 2.12. The molecule has 3 rings (SSSR count). The van der Waals surface area contributed by atoms with Gasteiger partial charge in [0.15, 0.2) is 5.82 Å². The predicted octanol–water partition coefficient (Wildman–Crippen LogP) is 2.12. The molecule has 20 heavy (non-hydrogen) atoms. The molecule has 100 valence electrons. The van der Waals surface area contributed by atoms with E-state index in [0.717, 1.165) is 28.1 Å². The summed E-state index contributed by atoms with van der Waals surface area (Å²) in [6.07, 6.45) is 4.89. The van der Waals surface area contributed by atoms with E-state index in [1.54, 1.807) is 19.5 Å². The normalized spacial score (nSPS) is 10.4. The summed E-state index contributed by atoms with van der Waals surface area (Å²) in [6.45, 7) is 0. The number of nitrogen functional groups attached to an aromatic ring is 1. The Morgan fingerprint density at radius 2 is 1.90 bits per heavy atom. The van der Waals surface area contributed by atoms with Crippen LogP contribution >= 0.6 is 0 Å². The molecule has 0 fully saturated rings. The molecule has 0 amide bonds. The van der Waals surface area contributed by atoms with Gasteiger partial charge in [0.05, 0.1) is 18.4 Å². The molecule has 0 aliphatic heterocycles. The van der Waals surface area contributed by atoms with E-state index in [4.69, 9.17) is 10.5 Å². The summed E-state index contributed by atoms with van der Waals surface area (Å²) < 4.78 is 5.39. The van der Waals surface area contributed by atoms with E-state index < -0.39 is 0 Å². The number of ether oxygens (including phenoxy) is 1. The van der Waals surface area contributed by atoms with Gasteiger partial charge >= 0.3 is 0 Å². The Hall–Kier alpha value is -2.89.